The minimum absolute atomic E-state index is 0.181. The summed E-state index contributed by atoms with van der Waals surface area (Å²) < 4.78 is 21.0. The molecule has 2 aromatic carbocycles. The molecular weight excluding hydrogens is 350 g/mol. The summed E-state index contributed by atoms with van der Waals surface area (Å²) in [6, 6.07) is 10.6. The molecule has 0 saturated carbocycles. The number of benzene rings is 2. The normalized spacial score (nSPS) is 15.1. The smallest absolute Gasteiger partial charge is 0.340 e. The first-order valence-corrected chi connectivity index (χ1v) is 8.43. The molecule has 7 heteroatoms. The second-order valence-corrected chi connectivity index (χ2v) is 6.05. The van der Waals surface area contributed by atoms with Crippen LogP contribution in [0.5, 0.6) is 17.2 Å². The number of anilines is 1. The van der Waals surface area contributed by atoms with E-state index in [0.29, 0.717) is 23.6 Å². The Balaban J connectivity index is 1.86. The quantitative estimate of drug-likeness (QED) is 0.814. The summed E-state index contributed by atoms with van der Waals surface area (Å²) in [4.78, 5) is 24.9. The van der Waals surface area contributed by atoms with Crippen LogP contribution in [0, 0.1) is 5.92 Å². The Morgan fingerprint density at radius 3 is 2.48 bits per heavy atom. The van der Waals surface area contributed by atoms with Crippen LogP contribution < -0.4 is 19.5 Å². The molecule has 0 aliphatic carbocycles. The average molecular weight is 371 g/mol. The molecule has 0 radical (unpaired) electrons. The van der Waals surface area contributed by atoms with Gasteiger partial charge >= 0.3 is 5.97 Å². The van der Waals surface area contributed by atoms with Crippen LogP contribution in [0.25, 0.3) is 0 Å². The van der Waals surface area contributed by atoms with Crippen molar-refractivity contribution >= 4 is 17.6 Å². The summed E-state index contributed by atoms with van der Waals surface area (Å²) in [5.41, 5.74) is 1.45. The molecular formula is C20H21NO6. The van der Waals surface area contributed by atoms with Gasteiger partial charge < -0.3 is 24.3 Å². The van der Waals surface area contributed by atoms with Gasteiger partial charge in [0.05, 0.1) is 38.5 Å². The number of carbonyl (C=O) groups is 2. The highest BCUT2D eigenvalue weighted by Crippen LogP contribution is 2.34. The van der Waals surface area contributed by atoms with Gasteiger partial charge in [-0.25, -0.2) is 4.79 Å². The first-order valence-electron chi connectivity index (χ1n) is 8.43. The lowest BCUT2D eigenvalue weighted by Crippen LogP contribution is -2.33. The lowest BCUT2D eigenvalue weighted by molar-refractivity contribution is -0.121. The Labute approximate surface area is 157 Å². The summed E-state index contributed by atoms with van der Waals surface area (Å²) in [6.07, 6.45) is 0.558. The van der Waals surface area contributed by atoms with E-state index in [1.807, 2.05) is 24.3 Å². The lowest BCUT2D eigenvalue weighted by atomic mass is 9.96. The Hall–Kier alpha value is -3.22. The molecule has 1 unspecified atom stereocenters. The van der Waals surface area contributed by atoms with Crippen LogP contribution in [0.3, 0.4) is 0 Å². The van der Waals surface area contributed by atoms with Gasteiger partial charge in [0.2, 0.25) is 5.91 Å². The molecule has 0 bridgehead atoms. The highest BCUT2D eigenvalue weighted by Gasteiger charge is 2.27. The fourth-order valence-electron chi connectivity index (χ4n) is 2.99. The van der Waals surface area contributed by atoms with Crippen molar-refractivity contribution in [1.82, 2.24) is 0 Å². The number of esters is 1. The van der Waals surface area contributed by atoms with E-state index in [-0.39, 0.29) is 24.0 Å². The van der Waals surface area contributed by atoms with E-state index in [2.05, 4.69) is 5.32 Å². The van der Waals surface area contributed by atoms with Crippen molar-refractivity contribution in [2.45, 2.75) is 6.42 Å². The zero-order valence-electron chi connectivity index (χ0n) is 15.4. The topological polar surface area (TPSA) is 83.1 Å². The van der Waals surface area contributed by atoms with Gasteiger partial charge in [0.15, 0.2) is 11.5 Å². The van der Waals surface area contributed by atoms with Crippen molar-refractivity contribution in [3.05, 3.63) is 47.5 Å². The predicted octanol–water partition coefficient (Wildman–Crippen LogP) is 2.68. The second kappa shape index (κ2) is 7.99. The number of carbonyl (C=O) groups excluding carboxylic acids is 2. The number of rotatable bonds is 5. The molecule has 1 amide bonds. The van der Waals surface area contributed by atoms with Crippen molar-refractivity contribution in [3.63, 3.8) is 0 Å². The van der Waals surface area contributed by atoms with E-state index in [0.717, 1.165) is 11.3 Å². The molecule has 3 rings (SSSR count). The molecule has 1 heterocycles. The summed E-state index contributed by atoms with van der Waals surface area (Å²) >= 11 is 0. The second-order valence-electron chi connectivity index (χ2n) is 6.05. The van der Waals surface area contributed by atoms with Crippen LogP contribution in [0.15, 0.2) is 36.4 Å². The fraction of sp³-hybridized carbons (Fsp3) is 0.300. The first kappa shape index (κ1) is 18.6. The Morgan fingerprint density at radius 2 is 1.78 bits per heavy atom. The monoisotopic (exact) mass is 371 g/mol. The maximum absolute atomic E-state index is 12.8. The van der Waals surface area contributed by atoms with Crippen LogP contribution in [0.4, 0.5) is 5.69 Å². The summed E-state index contributed by atoms with van der Waals surface area (Å²) in [5.74, 6) is 0.344. The Bertz CT molecular complexity index is 864. The number of methoxy groups -OCH3 is 3. The number of para-hydroxylation sites is 1. The number of nitrogens with one attached hydrogen (secondary N) is 1. The molecule has 27 heavy (non-hydrogen) atoms. The Kier molecular flexibility index (Phi) is 5.49. The highest BCUT2D eigenvalue weighted by molar-refractivity contribution is 6.03. The minimum Gasteiger partial charge on any atom is -0.493 e. The van der Waals surface area contributed by atoms with Crippen molar-refractivity contribution in [2.75, 3.05) is 33.3 Å². The van der Waals surface area contributed by atoms with Crippen molar-refractivity contribution < 1.29 is 28.5 Å². The molecule has 1 aliphatic rings. The molecule has 7 nitrogen and oxygen atoms in total. The van der Waals surface area contributed by atoms with Gasteiger partial charge in [-0.1, -0.05) is 18.2 Å². The van der Waals surface area contributed by atoms with E-state index >= 15 is 0 Å². The van der Waals surface area contributed by atoms with E-state index in [4.69, 9.17) is 18.9 Å². The van der Waals surface area contributed by atoms with Crippen LogP contribution in [0.1, 0.15) is 15.9 Å². The van der Waals surface area contributed by atoms with Gasteiger partial charge in [-0.05, 0) is 18.1 Å². The molecule has 1 aliphatic heterocycles. The minimum atomic E-state index is -0.587. The molecule has 1 N–H and O–H groups in total. The standard InChI is InChI=1S/C20H21NO6/c1-24-17-9-14(20(23)26-3)15(10-18(17)25-2)21-19(22)13-8-12-6-4-5-7-16(12)27-11-13/h4-7,9-10,13H,8,11H2,1-3H3,(H,21,22). The number of fused-ring (bicyclic) bond motifs is 1. The summed E-state index contributed by atoms with van der Waals surface area (Å²) in [5, 5.41) is 2.80. The van der Waals surface area contributed by atoms with Crippen molar-refractivity contribution in [3.8, 4) is 17.2 Å². The van der Waals surface area contributed by atoms with Gasteiger partial charge in [-0.3, -0.25) is 4.79 Å². The van der Waals surface area contributed by atoms with Gasteiger partial charge in [0, 0.05) is 12.1 Å². The summed E-state index contributed by atoms with van der Waals surface area (Å²) in [7, 11) is 4.22. The van der Waals surface area contributed by atoms with Crippen LogP contribution >= 0.6 is 0 Å². The number of hydrogen-bond acceptors (Lipinski definition) is 6. The number of hydrogen-bond donors (Lipinski definition) is 1. The molecule has 0 aromatic heterocycles. The predicted molar refractivity (Wildman–Crippen MR) is 98.6 cm³/mol. The molecule has 0 fully saturated rings. The van der Waals surface area contributed by atoms with Crippen molar-refractivity contribution in [2.24, 2.45) is 5.92 Å². The molecule has 1 atom stereocenters. The maximum Gasteiger partial charge on any atom is 0.340 e. The fourth-order valence-corrected chi connectivity index (χ4v) is 2.99. The lowest BCUT2D eigenvalue weighted by Gasteiger charge is -2.25. The number of amides is 1. The van der Waals surface area contributed by atoms with Crippen LogP contribution in [-0.2, 0) is 16.0 Å². The molecule has 142 valence electrons. The molecule has 0 saturated heterocycles. The van der Waals surface area contributed by atoms with Crippen molar-refractivity contribution in [1.29, 1.82) is 0 Å². The van der Waals surface area contributed by atoms with Crippen LogP contribution in [0.2, 0.25) is 0 Å². The SMILES string of the molecule is COC(=O)c1cc(OC)c(OC)cc1NC(=O)C1COc2ccccc2C1. The number of ether oxygens (including phenoxy) is 4. The third-order valence-corrected chi connectivity index (χ3v) is 4.44. The van der Waals surface area contributed by atoms with E-state index in [1.54, 1.807) is 6.07 Å². The average Bonchev–Trinajstić information content (AvgIpc) is 2.72. The van der Waals surface area contributed by atoms with Gasteiger partial charge in [0.25, 0.3) is 0 Å². The van der Waals surface area contributed by atoms with Gasteiger partial charge in [-0.15, -0.1) is 0 Å². The highest BCUT2D eigenvalue weighted by atomic mass is 16.5. The summed E-state index contributed by atoms with van der Waals surface area (Å²) in [6.45, 7) is 0.268. The van der Waals surface area contributed by atoms with E-state index < -0.39 is 5.97 Å². The van der Waals surface area contributed by atoms with Gasteiger partial charge in [-0.2, -0.15) is 0 Å². The van der Waals surface area contributed by atoms with E-state index in [1.165, 1.54) is 27.4 Å². The first-order chi connectivity index (χ1) is 13.1. The molecule has 2 aromatic rings. The maximum atomic E-state index is 12.8. The largest absolute Gasteiger partial charge is 0.493 e. The van der Waals surface area contributed by atoms with E-state index in [9.17, 15) is 9.59 Å². The van der Waals surface area contributed by atoms with Crippen LogP contribution in [-0.4, -0.2) is 39.8 Å². The van der Waals surface area contributed by atoms with Gasteiger partial charge in [0.1, 0.15) is 12.4 Å². The molecule has 0 spiro atoms. The zero-order chi connectivity index (χ0) is 19.4. The third-order valence-electron chi connectivity index (χ3n) is 4.44. The zero-order valence-corrected chi connectivity index (χ0v) is 15.4. The Morgan fingerprint density at radius 1 is 1.07 bits per heavy atom. The third kappa shape index (κ3) is 3.81.